The second-order valence-electron chi connectivity index (χ2n) is 6.32. The minimum Gasteiger partial charge on any atom is -0.381 e. The zero-order valence-corrected chi connectivity index (χ0v) is 15.4. The second kappa shape index (κ2) is 6.50. The van der Waals surface area contributed by atoms with Gasteiger partial charge in [-0.1, -0.05) is 22.0 Å². The van der Waals surface area contributed by atoms with Gasteiger partial charge in [0.1, 0.15) is 18.3 Å². The molecule has 4 rings (SSSR count). The number of aromatic nitrogens is 3. The van der Waals surface area contributed by atoms with E-state index in [0.717, 1.165) is 16.6 Å². The highest BCUT2D eigenvalue weighted by molar-refractivity contribution is 9.10. The third-order valence-corrected chi connectivity index (χ3v) is 5.00. The fourth-order valence-electron chi connectivity index (χ4n) is 3.08. The third-order valence-electron chi connectivity index (χ3n) is 4.50. The molecule has 1 N–H and O–H groups in total. The van der Waals surface area contributed by atoms with Crippen LogP contribution in [0.15, 0.2) is 53.5 Å². The van der Waals surface area contributed by atoms with Crippen LogP contribution < -0.4 is 0 Å². The first-order valence-electron chi connectivity index (χ1n) is 7.99. The van der Waals surface area contributed by atoms with E-state index in [9.17, 15) is 18.7 Å². The molecule has 0 saturated carbocycles. The molecule has 2 heterocycles. The van der Waals surface area contributed by atoms with Gasteiger partial charge in [0.25, 0.3) is 5.91 Å². The Bertz CT molecular complexity index is 1020. The van der Waals surface area contributed by atoms with Crippen LogP contribution in [0.2, 0.25) is 0 Å². The van der Waals surface area contributed by atoms with Crippen molar-refractivity contribution >= 4 is 21.8 Å². The quantitative estimate of drug-likeness (QED) is 0.687. The SMILES string of the molecule is O=C(c1ccc(Br)cc1-n1cncn1)N1CC(O)(c2ccc(F)c(F)c2)C1. The lowest BCUT2D eigenvalue weighted by Gasteiger charge is -2.46. The molecule has 1 aliphatic rings. The van der Waals surface area contributed by atoms with Crippen LogP contribution in [0.4, 0.5) is 8.78 Å². The Balaban J connectivity index is 1.58. The number of carbonyl (C=O) groups excluding carboxylic acids is 1. The van der Waals surface area contributed by atoms with Gasteiger partial charge in [-0.15, -0.1) is 0 Å². The minimum atomic E-state index is -1.41. The van der Waals surface area contributed by atoms with Crippen LogP contribution in [-0.2, 0) is 5.60 Å². The summed E-state index contributed by atoms with van der Waals surface area (Å²) in [4.78, 5) is 18.2. The first kappa shape index (κ1) is 17.7. The summed E-state index contributed by atoms with van der Waals surface area (Å²) in [7, 11) is 0. The lowest BCUT2D eigenvalue weighted by Crippen LogP contribution is -2.61. The Morgan fingerprint density at radius 3 is 2.59 bits per heavy atom. The van der Waals surface area contributed by atoms with E-state index >= 15 is 0 Å². The number of halogens is 3. The van der Waals surface area contributed by atoms with Gasteiger partial charge in [-0.25, -0.2) is 18.4 Å². The van der Waals surface area contributed by atoms with E-state index in [4.69, 9.17) is 0 Å². The van der Waals surface area contributed by atoms with Gasteiger partial charge in [-0.2, -0.15) is 5.10 Å². The molecule has 6 nitrogen and oxygen atoms in total. The standard InChI is InChI=1S/C18H13BrF2N4O2/c19-12-2-3-13(16(6-12)25-10-22-9-23-25)17(26)24-7-18(27,8-24)11-1-4-14(20)15(21)5-11/h1-6,9-10,27H,7-8H2. The molecule has 9 heteroatoms. The molecule has 0 bridgehead atoms. The van der Waals surface area contributed by atoms with Gasteiger partial charge in [0, 0.05) is 4.47 Å². The van der Waals surface area contributed by atoms with E-state index in [1.807, 2.05) is 0 Å². The maximum Gasteiger partial charge on any atom is 0.256 e. The van der Waals surface area contributed by atoms with Gasteiger partial charge in [-0.05, 0) is 35.9 Å². The Morgan fingerprint density at radius 2 is 1.93 bits per heavy atom. The van der Waals surface area contributed by atoms with Crippen LogP contribution in [0, 0.1) is 11.6 Å². The molecule has 1 aromatic heterocycles. The first-order valence-corrected chi connectivity index (χ1v) is 8.78. The molecule has 3 aromatic rings. The summed E-state index contributed by atoms with van der Waals surface area (Å²) < 4.78 is 28.8. The lowest BCUT2D eigenvalue weighted by molar-refractivity contribution is -0.0865. The summed E-state index contributed by atoms with van der Waals surface area (Å²) in [6.07, 6.45) is 2.84. The monoisotopic (exact) mass is 434 g/mol. The van der Waals surface area contributed by atoms with Crippen LogP contribution in [0.5, 0.6) is 0 Å². The molecule has 1 saturated heterocycles. The number of amides is 1. The number of carbonyl (C=O) groups is 1. The van der Waals surface area contributed by atoms with E-state index < -0.39 is 17.2 Å². The van der Waals surface area contributed by atoms with E-state index in [2.05, 4.69) is 26.0 Å². The molecular weight excluding hydrogens is 422 g/mol. The highest BCUT2D eigenvalue weighted by Crippen LogP contribution is 2.34. The highest BCUT2D eigenvalue weighted by Gasteiger charge is 2.45. The molecule has 1 fully saturated rings. The van der Waals surface area contributed by atoms with E-state index in [0.29, 0.717) is 11.3 Å². The van der Waals surface area contributed by atoms with Crippen molar-refractivity contribution in [1.82, 2.24) is 19.7 Å². The Morgan fingerprint density at radius 1 is 1.15 bits per heavy atom. The molecule has 27 heavy (non-hydrogen) atoms. The van der Waals surface area contributed by atoms with Crippen LogP contribution >= 0.6 is 15.9 Å². The number of hydrogen-bond acceptors (Lipinski definition) is 4. The average Bonchev–Trinajstić information content (AvgIpc) is 3.15. The largest absolute Gasteiger partial charge is 0.381 e. The smallest absolute Gasteiger partial charge is 0.256 e. The van der Waals surface area contributed by atoms with Crippen molar-refractivity contribution in [2.24, 2.45) is 0 Å². The summed E-state index contributed by atoms with van der Waals surface area (Å²) in [6, 6.07) is 8.36. The van der Waals surface area contributed by atoms with Crippen molar-refractivity contribution in [2.45, 2.75) is 5.60 Å². The van der Waals surface area contributed by atoms with Crippen molar-refractivity contribution in [3.63, 3.8) is 0 Å². The maximum absolute atomic E-state index is 13.5. The highest BCUT2D eigenvalue weighted by atomic mass is 79.9. The molecule has 1 amide bonds. The van der Waals surface area contributed by atoms with Gasteiger partial charge in [0.2, 0.25) is 0 Å². The molecule has 138 valence electrons. The summed E-state index contributed by atoms with van der Waals surface area (Å²) >= 11 is 3.37. The van der Waals surface area contributed by atoms with Crippen molar-refractivity contribution in [3.8, 4) is 5.69 Å². The molecule has 0 spiro atoms. The Hall–Kier alpha value is -2.65. The molecule has 0 atom stereocenters. The normalized spacial score (nSPS) is 15.5. The predicted molar refractivity (Wildman–Crippen MR) is 95.2 cm³/mol. The molecule has 0 unspecified atom stereocenters. The van der Waals surface area contributed by atoms with Crippen molar-refractivity contribution in [1.29, 1.82) is 0 Å². The van der Waals surface area contributed by atoms with Gasteiger partial charge < -0.3 is 10.0 Å². The van der Waals surface area contributed by atoms with Crippen LogP contribution in [0.1, 0.15) is 15.9 Å². The predicted octanol–water partition coefficient (Wildman–Crippen LogP) is 2.65. The summed E-state index contributed by atoms with van der Waals surface area (Å²) in [6.45, 7) is -0.0481. The fourth-order valence-corrected chi connectivity index (χ4v) is 3.42. The van der Waals surface area contributed by atoms with Crippen LogP contribution in [0.25, 0.3) is 5.69 Å². The third kappa shape index (κ3) is 3.13. The Kier molecular flexibility index (Phi) is 4.27. The number of aliphatic hydroxyl groups is 1. The maximum atomic E-state index is 13.5. The summed E-state index contributed by atoms with van der Waals surface area (Å²) in [5.74, 6) is -2.32. The molecule has 0 aliphatic carbocycles. The minimum absolute atomic E-state index is 0.0240. The van der Waals surface area contributed by atoms with Gasteiger partial charge in [0.15, 0.2) is 11.6 Å². The van der Waals surface area contributed by atoms with E-state index in [-0.39, 0.29) is 24.6 Å². The van der Waals surface area contributed by atoms with E-state index in [1.54, 1.807) is 18.2 Å². The zero-order valence-electron chi connectivity index (χ0n) is 13.8. The second-order valence-corrected chi connectivity index (χ2v) is 7.24. The van der Waals surface area contributed by atoms with Crippen molar-refractivity contribution < 1.29 is 18.7 Å². The lowest BCUT2D eigenvalue weighted by atomic mass is 9.85. The fraction of sp³-hybridized carbons (Fsp3) is 0.167. The zero-order chi connectivity index (χ0) is 19.2. The van der Waals surface area contributed by atoms with E-state index in [1.165, 1.54) is 28.3 Å². The molecule has 2 aromatic carbocycles. The number of hydrogen-bond donors (Lipinski definition) is 1. The summed E-state index contributed by atoms with van der Waals surface area (Å²) in [5, 5.41) is 14.7. The number of nitrogens with zero attached hydrogens (tertiary/aromatic N) is 4. The van der Waals surface area contributed by atoms with Crippen molar-refractivity contribution in [3.05, 3.63) is 76.3 Å². The van der Waals surface area contributed by atoms with Crippen molar-refractivity contribution in [2.75, 3.05) is 13.1 Å². The van der Waals surface area contributed by atoms with Crippen LogP contribution in [0.3, 0.4) is 0 Å². The number of benzene rings is 2. The van der Waals surface area contributed by atoms with Gasteiger partial charge >= 0.3 is 0 Å². The first-order chi connectivity index (χ1) is 12.9. The average molecular weight is 435 g/mol. The summed E-state index contributed by atoms with van der Waals surface area (Å²) in [5.41, 5.74) is -0.253. The Labute approximate surface area is 161 Å². The molecule has 1 aliphatic heterocycles. The molecular formula is C18H13BrF2N4O2. The number of rotatable bonds is 3. The van der Waals surface area contributed by atoms with Crippen LogP contribution in [-0.4, -0.2) is 43.8 Å². The van der Waals surface area contributed by atoms with Gasteiger partial charge in [-0.3, -0.25) is 4.79 Å². The molecule has 0 radical (unpaired) electrons. The number of β-amino-alcohol motifs (C(OH)–C–C–N with tert-alkyl or cyclic N) is 1. The number of likely N-dealkylation sites (tertiary alicyclic amines) is 1. The van der Waals surface area contributed by atoms with Gasteiger partial charge in [0.05, 0.1) is 24.3 Å². The topological polar surface area (TPSA) is 71.2 Å².